The zero-order chi connectivity index (χ0) is 13.5. The van der Waals surface area contributed by atoms with Crippen LogP contribution in [0.2, 0.25) is 0 Å². The van der Waals surface area contributed by atoms with E-state index in [0.29, 0.717) is 11.8 Å². The molecule has 0 heterocycles. The van der Waals surface area contributed by atoms with Gasteiger partial charge in [0.1, 0.15) is 0 Å². The number of carbonyl (C=O) groups is 1. The molecule has 4 heteroatoms. The second kappa shape index (κ2) is 7.56. The summed E-state index contributed by atoms with van der Waals surface area (Å²) in [4.78, 5) is 13.0. The van der Waals surface area contributed by atoms with Gasteiger partial charge in [0.2, 0.25) is 5.91 Å². The summed E-state index contributed by atoms with van der Waals surface area (Å²) in [6, 6.07) is 8.77. The van der Waals surface area contributed by atoms with Gasteiger partial charge in [-0.05, 0) is 37.6 Å². The zero-order valence-electron chi connectivity index (χ0n) is 11.4. The second-order valence-corrected chi connectivity index (χ2v) is 6.06. The number of hydrogen-bond acceptors (Lipinski definition) is 3. The quantitative estimate of drug-likeness (QED) is 0.786. The third-order valence-electron chi connectivity index (χ3n) is 3.37. The molecule has 0 radical (unpaired) electrons. The molecule has 0 unspecified atom stereocenters. The Morgan fingerprint density at radius 1 is 1.37 bits per heavy atom. The molecule has 19 heavy (non-hydrogen) atoms. The van der Waals surface area contributed by atoms with Gasteiger partial charge >= 0.3 is 0 Å². The van der Waals surface area contributed by atoms with Crippen LogP contribution in [0.1, 0.15) is 31.2 Å². The van der Waals surface area contributed by atoms with Crippen LogP contribution in [0.15, 0.2) is 29.2 Å². The van der Waals surface area contributed by atoms with Crippen molar-refractivity contribution in [3.8, 4) is 0 Å². The maximum absolute atomic E-state index is 11.8. The Bertz CT molecular complexity index is 416. The molecule has 104 valence electrons. The SMILES string of the molecule is CNCc1cccc(SCC(=O)NC2CCCC2)c1. The Morgan fingerprint density at radius 3 is 2.89 bits per heavy atom. The molecule has 1 aliphatic carbocycles. The van der Waals surface area contributed by atoms with Crippen LogP contribution in [-0.2, 0) is 11.3 Å². The van der Waals surface area contributed by atoms with Crippen molar-refractivity contribution in [2.45, 2.75) is 43.2 Å². The molecule has 1 aromatic carbocycles. The standard InChI is InChI=1S/C15H22N2OS/c1-16-10-12-5-4-8-14(9-12)19-11-15(18)17-13-6-2-3-7-13/h4-5,8-9,13,16H,2-3,6-7,10-11H2,1H3,(H,17,18). The molecular formula is C15H22N2OS. The number of hydrogen-bond donors (Lipinski definition) is 2. The maximum atomic E-state index is 11.8. The van der Waals surface area contributed by atoms with Gasteiger partial charge in [0.15, 0.2) is 0 Å². The first-order chi connectivity index (χ1) is 9.28. The third kappa shape index (κ3) is 4.88. The summed E-state index contributed by atoms with van der Waals surface area (Å²) in [5, 5.41) is 6.25. The van der Waals surface area contributed by atoms with Crippen LogP contribution >= 0.6 is 11.8 Å². The van der Waals surface area contributed by atoms with E-state index in [4.69, 9.17) is 0 Å². The van der Waals surface area contributed by atoms with Crippen LogP contribution in [0.5, 0.6) is 0 Å². The van der Waals surface area contributed by atoms with Gasteiger partial charge < -0.3 is 10.6 Å². The van der Waals surface area contributed by atoms with Crippen molar-refractivity contribution in [1.82, 2.24) is 10.6 Å². The monoisotopic (exact) mass is 278 g/mol. The third-order valence-corrected chi connectivity index (χ3v) is 4.36. The predicted octanol–water partition coefficient (Wildman–Crippen LogP) is 2.56. The lowest BCUT2D eigenvalue weighted by molar-refractivity contribution is -0.119. The fraction of sp³-hybridized carbons (Fsp3) is 0.533. The fourth-order valence-electron chi connectivity index (χ4n) is 2.44. The second-order valence-electron chi connectivity index (χ2n) is 5.02. The number of amides is 1. The first kappa shape index (κ1) is 14.4. The molecule has 1 fully saturated rings. The topological polar surface area (TPSA) is 41.1 Å². The molecule has 1 saturated carbocycles. The van der Waals surface area contributed by atoms with Crippen molar-refractivity contribution in [2.75, 3.05) is 12.8 Å². The van der Waals surface area contributed by atoms with Crippen molar-refractivity contribution >= 4 is 17.7 Å². The Morgan fingerprint density at radius 2 is 2.16 bits per heavy atom. The van der Waals surface area contributed by atoms with E-state index in [1.807, 2.05) is 13.1 Å². The largest absolute Gasteiger partial charge is 0.353 e. The summed E-state index contributed by atoms with van der Waals surface area (Å²) >= 11 is 1.61. The summed E-state index contributed by atoms with van der Waals surface area (Å²) in [6.07, 6.45) is 4.80. The molecule has 1 amide bonds. The number of benzene rings is 1. The Balaban J connectivity index is 1.77. The van der Waals surface area contributed by atoms with E-state index in [-0.39, 0.29) is 5.91 Å². The number of rotatable bonds is 6. The van der Waals surface area contributed by atoms with Gasteiger partial charge in [0, 0.05) is 17.5 Å². The summed E-state index contributed by atoms with van der Waals surface area (Å²) in [6.45, 7) is 0.864. The number of carbonyl (C=O) groups excluding carboxylic acids is 1. The highest BCUT2D eigenvalue weighted by molar-refractivity contribution is 8.00. The van der Waals surface area contributed by atoms with Crippen molar-refractivity contribution < 1.29 is 4.79 Å². The molecule has 0 bridgehead atoms. The number of thioether (sulfide) groups is 1. The Hall–Kier alpha value is -1.00. The van der Waals surface area contributed by atoms with Gasteiger partial charge in [0.05, 0.1) is 5.75 Å². The van der Waals surface area contributed by atoms with E-state index in [1.54, 1.807) is 11.8 Å². The summed E-state index contributed by atoms with van der Waals surface area (Å²) in [5.41, 5.74) is 1.25. The van der Waals surface area contributed by atoms with Gasteiger partial charge in [0.25, 0.3) is 0 Å². The highest BCUT2D eigenvalue weighted by Gasteiger charge is 2.16. The summed E-state index contributed by atoms with van der Waals surface area (Å²) in [7, 11) is 1.94. The molecule has 1 aromatic rings. The molecule has 2 rings (SSSR count). The van der Waals surface area contributed by atoms with E-state index >= 15 is 0 Å². The molecule has 0 spiro atoms. The highest BCUT2D eigenvalue weighted by atomic mass is 32.2. The van der Waals surface area contributed by atoms with Crippen LogP contribution in [0.4, 0.5) is 0 Å². The van der Waals surface area contributed by atoms with E-state index in [9.17, 15) is 4.79 Å². The first-order valence-electron chi connectivity index (χ1n) is 6.93. The molecule has 2 N–H and O–H groups in total. The molecule has 0 aromatic heterocycles. The van der Waals surface area contributed by atoms with Crippen LogP contribution < -0.4 is 10.6 Å². The number of nitrogens with one attached hydrogen (secondary N) is 2. The van der Waals surface area contributed by atoms with Crippen molar-refractivity contribution in [1.29, 1.82) is 0 Å². The van der Waals surface area contributed by atoms with E-state index < -0.39 is 0 Å². The predicted molar refractivity (Wildman–Crippen MR) is 80.3 cm³/mol. The van der Waals surface area contributed by atoms with E-state index in [1.165, 1.54) is 18.4 Å². The van der Waals surface area contributed by atoms with Crippen molar-refractivity contribution in [2.24, 2.45) is 0 Å². The Labute approximate surface area is 119 Å². The average Bonchev–Trinajstić information content (AvgIpc) is 2.90. The zero-order valence-corrected chi connectivity index (χ0v) is 12.3. The van der Waals surface area contributed by atoms with Gasteiger partial charge in [-0.2, -0.15) is 0 Å². The van der Waals surface area contributed by atoms with Crippen LogP contribution in [0.3, 0.4) is 0 Å². The molecule has 0 saturated heterocycles. The normalized spacial score (nSPS) is 15.6. The van der Waals surface area contributed by atoms with Gasteiger partial charge in [-0.3, -0.25) is 4.79 Å². The molecule has 0 atom stereocenters. The lowest BCUT2D eigenvalue weighted by Crippen LogP contribution is -2.33. The van der Waals surface area contributed by atoms with Crippen LogP contribution in [-0.4, -0.2) is 24.7 Å². The van der Waals surface area contributed by atoms with E-state index in [2.05, 4.69) is 28.8 Å². The maximum Gasteiger partial charge on any atom is 0.230 e. The minimum Gasteiger partial charge on any atom is -0.353 e. The highest BCUT2D eigenvalue weighted by Crippen LogP contribution is 2.20. The molecule has 0 aliphatic heterocycles. The lowest BCUT2D eigenvalue weighted by Gasteiger charge is -2.11. The smallest absolute Gasteiger partial charge is 0.230 e. The summed E-state index contributed by atoms with van der Waals surface area (Å²) < 4.78 is 0. The lowest BCUT2D eigenvalue weighted by atomic mass is 10.2. The van der Waals surface area contributed by atoms with Crippen molar-refractivity contribution in [3.63, 3.8) is 0 Å². The van der Waals surface area contributed by atoms with Gasteiger partial charge in [-0.15, -0.1) is 11.8 Å². The first-order valence-corrected chi connectivity index (χ1v) is 7.92. The minimum atomic E-state index is 0.163. The minimum absolute atomic E-state index is 0.163. The fourth-order valence-corrected chi connectivity index (χ4v) is 3.23. The van der Waals surface area contributed by atoms with Crippen molar-refractivity contribution in [3.05, 3.63) is 29.8 Å². The van der Waals surface area contributed by atoms with Gasteiger partial charge in [-0.1, -0.05) is 25.0 Å². The van der Waals surface area contributed by atoms with Crippen LogP contribution in [0.25, 0.3) is 0 Å². The molecule has 1 aliphatic rings. The van der Waals surface area contributed by atoms with E-state index in [0.717, 1.165) is 24.3 Å². The van der Waals surface area contributed by atoms with Gasteiger partial charge in [-0.25, -0.2) is 0 Å². The molecule has 3 nitrogen and oxygen atoms in total. The Kier molecular flexibility index (Phi) is 5.73. The average molecular weight is 278 g/mol. The molecular weight excluding hydrogens is 256 g/mol. The van der Waals surface area contributed by atoms with Crippen LogP contribution in [0, 0.1) is 0 Å². The summed E-state index contributed by atoms with van der Waals surface area (Å²) in [5.74, 6) is 0.676.